The number of hydrogen-bond acceptors (Lipinski definition) is 5. The highest BCUT2D eigenvalue weighted by Gasteiger charge is 2.53. The van der Waals surface area contributed by atoms with E-state index in [1.165, 1.54) is 0 Å². The van der Waals surface area contributed by atoms with Crippen molar-refractivity contribution in [3.8, 4) is 5.75 Å². The lowest BCUT2D eigenvalue weighted by atomic mass is 9.79. The smallest absolute Gasteiger partial charge is 0.257 e. The van der Waals surface area contributed by atoms with Crippen molar-refractivity contribution in [3.63, 3.8) is 0 Å². The van der Waals surface area contributed by atoms with Gasteiger partial charge in [-0.25, -0.2) is 8.78 Å². The van der Waals surface area contributed by atoms with E-state index in [-0.39, 0.29) is 18.9 Å². The Labute approximate surface area is 199 Å². The zero-order valence-electron chi connectivity index (χ0n) is 19.5. The summed E-state index contributed by atoms with van der Waals surface area (Å²) in [5.74, 6) is -3.55. The molecule has 4 N–H and O–H groups in total. The van der Waals surface area contributed by atoms with Crippen molar-refractivity contribution < 1.29 is 23.4 Å². The summed E-state index contributed by atoms with van der Waals surface area (Å²) in [5.41, 5.74) is 6.05. The van der Waals surface area contributed by atoms with Crippen LogP contribution in [0.2, 0.25) is 0 Å². The van der Waals surface area contributed by atoms with Crippen LogP contribution in [0.15, 0.2) is 48.5 Å². The molecule has 1 saturated carbocycles. The van der Waals surface area contributed by atoms with Gasteiger partial charge in [-0.05, 0) is 42.5 Å². The summed E-state index contributed by atoms with van der Waals surface area (Å²) in [4.78, 5) is 15.6. The predicted octanol–water partition coefficient (Wildman–Crippen LogP) is 3.68. The van der Waals surface area contributed by atoms with Gasteiger partial charge in [-0.15, -0.1) is 0 Å². The van der Waals surface area contributed by atoms with Crippen molar-refractivity contribution in [2.45, 2.75) is 56.2 Å². The van der Waals surface area contributed by atoms with Crippen molar-refractivity contribution in [2.75, 3.05) is 25.9 Å². The van der Waals surface area contributed by atoms with Crippen LogP contribution in [0.4, 0.5) is 14.5 Å². The maximum absolute atomic E-state index is 14.0. The highest BCUT2D eigenvalue weighted by molar-refractivity contribution is 5.87. The van der Waals surface area contributed by atoms with Gasteiger partial charge in [-0.3, -0.25) is 9.69 Å². The largest absolute Gasteiger partial charge is 0.497 e. The first-order valence-electron chi connectivity index (χ1n) is 11.8. The zero-order valence-corrected chi connectivity index (χ0v) is 19.5. The third kappa shape index (κ3) is 5.33. The van der Waals surface area contributed by atoms with Gasteiger partial charge >= 0.3 is 0 Å². The van der Waals surface area contributed by atoms with Gasteiger partial charge < -0.3 is 20.9 Å². The molecule has 4 rings (SSSR count). The van der Waals surface area contributed by atoms with E-state index in [2.05, 4.69) is 10.2 Å². The number of piperidine rings is 1. The van der Waals surface area contributed by atoms with E-state index in [4.69, 9.17) is 10.5 Å². The number of benzene rings is 2. The van der Waals surface area contributed by atoms with E-state index in [0.717, 1.165) is 24.4 Å². The molecule has 2 fully saturated rings. The lowest BCUT2D eigenvalue weighted by Crippen LogP contribution is -2.54. The molecule has 0 radical (unpaired) electrons. The average molecular weight is 474 g/mol. The number of carbonyl (C=O) groups excluding carboxylic acids is 1. The maximum Gasteiger partial charge on any atom is 0.257 e. The first-order chi connectivity index (χ1) is 16.2. The number of nitrogens with zero attached hydrogens (tertiary/aromatic N) is 1. The molecule has 34 heavy (non-hydrogen) atoms. The van der Waals surface area contributed by atoms with Gasteiger partial charge in [0.2, 0.25) is 5.92 Å². The number of anilines is 1. The molecule has 1 aliphatic heterocycles. The Morgan fingerprint density at radius 2 is 1.91 bits per heavy atom. The predicted molar refractivity (Wildman–Crippen MR) is 126 cm³/mol. The number of rotatable bonds is 7. The quantitative estimate of drug-likeness (QED) is 0.534. The molecule has 6 nitrogen and oxygen atoms in total. The fraction of sp³-hybridized carbons (Fsp3) is 0.500. The fourth-order valence-corrected chi connectivity index (χ4v) is 5.24. The topological polar surface area (TPSA) is 87.8 Å². The van der Waals surface area contributed by atoms with Crippen molar-refractivity contribution in [2.24, 2.45) is 5.92 Å². The third-order valence-corrected chi connectivity index (χ3v) is 7.11. The minimum Gasteiger partial charge on any atom is -0.497 e. The Balaban J connectivity index is 1.40. The lowest BCUT2D eigenvalue weighted by Gasteiger charge is -2.37. The number of methoxy groups -OCH3 is 1. The zero-order chi connectivity index (χ0) is 24.3. The molecule has 2 aromatic carbocycles. The molecule has 1 aliphatic carbocycles. The van der Waals surface area contributed by atoms with E-state index in [9.17, 15) is 18.7 Å². The maximum atomic E-state index is 14.0. The number of aliphatic hydroxyl groups is 1. The second kappa shape index (κ2) is 9.88. The van der Waals surface area contributed by atoms with Crippen LogP contribution in [0.25, 0.3) is 0 Å². The number of carbonyl (C=O) groups is 1. The average Bonchev–Trinajstić information content (AvgIpc) is 3.20. The fourth-order valence-electron chi connectivity index (χ4n) is 5.24. The van der Waals surface area contributed by atoms with Gasteiger partial charge in [0.05, 0.1) is 7.11 Å². The summed E-state index contributed by atoms with van der Waals surface area (Å²) in [5, 5.41) is 14.5. The van der Waals surface area contributed by atoms with Crippen molar-refractivity contribution in [1.29, 1.82) is 0 Å². The Hall–Kier alpha value is -2.71. The van der Waals surface area contributed by atoms with Crippen LogP contribution in [0.3, 0.4) is 0 Å². The van der Waals surface area contributed by atoms with Crippen molar-refractivity contribution in [3.05, 3.63) is 59.7 Å². The number of nitrogens with one attached hydrogen (secondary N) is 1. The molecule has 1 heterocycles. The van der Waals surface area contributed by atoms with Gasteiger partial charge in [0.25, 0.3) is 5.91 Å². The van der Waals surface area contributed by atoms with Gasteiger partial charge in [0, 0.05) is 56.2 Å². The van der Waals surface area contributed by atoms with Crippen molar-refractivity contribution >= 4 is 11.6 Å². The van der Waals surface area contributed by atoms with E-state index < -0.39 is 29.8 Å². The molecule has 2 aliphatic rings. The number of ether oxygens (including phenoxy) is 1. The molecule has 0 aromatic heterocycles. The molecule has 0 spiro atoms. The first-order valence-corrected chi connectivity index (χ1v) is 11.8. The molecular weight excluding hydrogens is 440 g/mol. The minimum atomic E-state index is -2.86. The van der Waals surface area contributed by atoms with Crippen LogP contribution >= 0.6 is 0 Å². The lowest BCUT2D eigenvalue weighted by molar-refractivity contribution is -0.149. The molecule has 1 unspecified atom stereocenters. The summed E-state index contributed by atoms with van der Waals surface area (Å²) in [6.45, 7) is 2.23. The van der Waals surface area contributed by atoms with Crippen molar-refractivity contribution in [1.82, 2.24) is 10.2 Å². The van der Waals surface area contributed by atoms with Crippen LogP contribution in [0, 0.1) is 5.92 Å². The van der Waals surface area contributed by atoms with E-state index >= 15 is 0 Å². The number of likely N-dealkylation sites (tertiary alicyclic amines) is 1. The van der Waals surface area contributed by atoms with Gasteiger partial charge in [0.1, 0.15) is 5.75 Å². The SMILES string of the molecule is COc1cc(N)cc(CN2CCC(NC(=O)C(O)(c3ccccc3)[C@@H]3CCC(F)(F)C3)CC2)c1. The third-order valence-electron chi connectivity index (χ3n) is 7.11. The normalized spacial score (nSPS) is 22.8. The Kier molecular flexibility index (Phi) is 7.09. The summed E-state index contributed by atoms with van der Waals surface area (Å²) in [7, 11) is 1.61. The molecular formula is C26H33F2N3O3. The molecule has 2 aromatic rings. The molecule has 1 amide bonds. The van der Waals surface area contributed by atoms with Crippen LogP contribution < -0.4 is 15.8 Å². The molecule has 184 valence electrons. The van der Waals surface area contributed by atoms with Crippen LogP contribution in [-0.4, -0.2) is 48.1 Å². The molecule has 1 saturated heterocycles. The van der Waals surface area contributed by atoms with E-state index in [0.29, 0.717) is 30.6 Å². The Morgan fingerprint density at radius 3 is 2.53 bits per heavy atom. The summed E-state index contributed by atoms with van der Waals surface area (Å²) in [6.07, 6.45) is 0.711. The number of hydrogen-bond donors (Lipinski definition) is 3. The van der Waals surface area contributed by atoms with E-state index in [1.807, 2.05) is 12.1 Å². The second-order valence-electron chi connectivity index (χ2n) is 9.57. The van der Waals surface area contributed by atoms with Crippen LogP contribution in [0.1, 0.15) is 43.2 Å². The highest BCUT2D eigenvalue weighted by atomic mass is 19.3. The van der Waals surface area contributed by atoms with Gasteiger partial charge in [-0.2, -0.15) is 0 Å². The monoisotopic (exact) mass is 473 g/mol. The molecule has 2 atom stereocenters. The molecule has 0 bridgehead atoms. The highest BCUT2D eigenvalue weighted by Crippen LogP contribution is 2.47. The van der Waals surface area contributed by atoms with Gasteiger partial charge in [-0.1, -0.05) is 30.3 Å². The Bertz CT molecular complexity index is 996. The number of nitrogen functional groups attached to an aromatic ring is 1. The number of alkyl halides is 2. The number of halogens is 2. The summed E-state index contributed by atoms with van der Waals surface area (Å²) in [6, 6.07) is 14.0. The number of nitrogens with two attached hydrogens (primary N) is 1. The van der Waals surface area contributed by atoms with Crippen LogP contribution in [0.5, 0.6) is 5.75 Å². The standard InChI is InChI=1S/C26H33F2N3O3/c1-34-23-14-18(13-21(29)15-23)17-31-11-8-22(9-12-31)30-24(32)26(33,19-5-3-2-4-6-19)20-7-10-25(27,28)16-20/h2-6,13-15,20,22,33H,7-12,16-17,29H2,1H3,(H,30,32)/t20-,26?/m1/s1. The summed E-state index contributed by atoms with van der Waals surface area (Å²) >= 11 is 0. The summed E-state index contributed by atoms with van der Waals surface area (Å²) < 4.78 is 33.3. The van der Waals surface area contributed by atoms with Crippen LogP contribution in [-0.2, 0) is 16.9 Å². The number of amides is 1. The minimum absolute atomic E-state index is 0.105. The van der Waals surface area contributed by atoms with E-state index in [1.54, 1.807) is 43.5 Å². The molecule has 8 heteroatoms. The first kappa shape index (κ1) is 24.4. The Morgan fingerprint density at radius 1 is 1.21 bits per heavy atom. The van der Waals surface area contributed by atoms with Gasteiger partial charge in [0.15, 0.2) is 5.60 Å². The second-order valence-corrected chi connectivity index (χ2v) is 9.57.